The van der Waals surface area contributed by atoms with Gasteiger partial charge >= 0.3 is 0 Å². The number of nitro groups is 1. The molecule has 0 amide bonds. The Morgan fingerprint density at radius 3 is 2.35 bits per heavy atom. The molecule has 0 radical (unpaired) electrons. The maximum Gasteiger partial charge on any atom is 0.288 e. The maximum atomic E-state index is 13.3. The number of nitrogens with one attached hydrogen (secondary N) is 1. The van der Waals surface area contributed by atoms with E-state index in [1.54, 1.807) is 6.07 Å². The van der Waals surface area contributed by atoms with Gasteiger partial charge < -0.3 is 10.2 Å². The summed E-state index contributed by atoms with van der Waals surface area (Å²) in [4.78, 5) is 30.8. The molecule has 4 rings (SSSR count). The van der Waals surface area contributed by atoms with Crippen LogP contribution in [-0.2, 0) is 6.54 Å². The van der Waals surface area contributed by atoms with Gasteiger partial charge in [0.15, 0.2) is 5.82 Å². The van der Waals surface area contributed by atoms with Crippen LogP contribution in [0.4, 0.5) is 17.3 Å². The van der Waals surface area contributed by atoms with E-state index in [-0.39, 0.29) is 17.2 Å². The first kappa shape index (κ1) is 22.7. The number of benzene rings is 3. The molecule has 0 saturated carbocycles. The topological polar surface area (TPSA) is 106 Å². The fourth-order valence-electron chi connectivity index (χ4n) is 3.41. The Morgan fingerprint density at radius 1 is 1.03 bits per heavy atom. The molecule has 0 atom stereocenters. The lowest BCUT2D eigenvalue weighted by atomic mass is 10.1. The third-order valence-corrected chi connectivity index (χ3v) is 5.34. The van der Waals surface area contributed by atoms with Gasteiger partial charge in [-0.3, -0.25) is 14.9 Å². The summed E-state index contributed by atoms with van der Waals surface area (Å²) < 4.78 is 1.09. The second kappa shape index (κ2) is 9.53. The zero-order valence-corrected chi connectivity index (χ0v) is 19.1. The SMILES string of the molecule is Cc1ccc(-c2nc(NCc3ccc(N(C)C)cc3)n(C(=O)c3ccccc3[N+](=O)[O-])n2)cc1. The summed E-state index contributed by atoms with van der Waals surface area (Å²) in [5.74, 6) is -0.0866. The Hall–Kier alpha value is -4.53. The molecule has 172 valence electrons. The van der Waals surface area contributed by atoms with Crippen molar-refractivity contribution in [2.24, 2.45) is 0 Å². The van der Waals surface area contributed by atoms with Crippen molar-refractivity contribution in [3.63, 3.8) is 0 Å². The van der Waals surface area contributed by atoms with Crippen LogP contribution in [0, 0.1) is 17.0 Å². The van der Waals surface area contributed by atoms with Crippen LogP contribution in [0.15, 0.2) is 72.8 Å². The van der Waals surface area contributed by atoms with Crippen molar-refractivity contribution >= 4 is 23.2 Å². The van der Waals surface area contributed by atoms with Crippen molar-refractivity contribution in [2.75, 3.05) is 24.3 Å². The first-order valence-corrected chi connectivity index (χ1v) is 10.7. The number of nitrogens with zero attached hydrogens (tertiary/aromatic N) is 5. The quantitative estimate of drug-likeness (QED) is 0.322. The normalized spacial score (nSPS) is 10.7. The van der Waals surface area contributed by atoms with Crippen LogP contribution < -0.4 is 10.2 Å². The second-order valence-electron chi connectivity index (χ2n) is 8.03. The smallest absolute Gasteiger partial charge is 0.288 e. The van der Waals surface area contributed by atoms with Crippen molar-refractivity contribution in [2.45, 2.75) is 13.5 Å². The number of carbonyl (C=O) groups is 1. The summed E-state index contributed by atoms with van der Waals surface area (Å²) in [6, 6.07) is 21.4. The number of carbonyl (C=O) groups excluding carboxylic acids is 1. The predicted octanol–water partition coefficient (Wildman–Crippen LogP) is 4.53. The summed E-state index contributed by atoms with van der Waals surface area (Å²) in [6.07, 6.45) is 0. The van der Waals surface area contributed by atoms with Crippen LogP contribution in [0.2, 0.25) is 0 Å². The highest BCUT2D eigenvalue weighted by atomic mass is 16.6. The first-order valence-electron chi connectivity index (χ1n) is 10.7. The van der Waals surface area contributed by atoms with Crippen LogP contribution in [0.1, 0.15) is 21.5 Å². The molecule has 9 nitrogen and oxygen atoms in total. The number of para-hydroxylation sites is 1. The van der Waals surface area contributed by atoms with Gasteiger partial charge in [0.2, 0.25) is 5.95 Å². The second-order valence-corrected chi connectivity index (χ2v) is 8.03. The minimum absolute atomic E-state index is 0.0637. The van der Waals surface area contributed by atoms with Gasteiger partial charge in [-0.1, -0.05) is 54.1 Å². The van der Waals surface area contributed by atoms with Crippen LogP contribution in [0.5, 0.6) is 0 Å². The molecule has 1 aromatic heterocycles. The zero-order chi connectivity index (χ0) is 24.2. The Morgan fingerprint density at radius 2 is 1.71 bits per heavy atom. The van der Waals surface area contributed by atoms with E-state index in [1.807, 2.05) is 74.4 Å². The van der Waals surface area contributed by atoms with Crippen molar-refractivity contribution < 1.29 is 9.72 Å². The van der Waals surface area contributed by atoms with Crippen LogP contribution >= 0.6 is 0 Å². The number of rotatable bonds is 7. The first-order chi connectivity index (χ1) is 16.3. The van der Waals surface area contributed by atoms with Crippen molar-refractivity contribution in [1.82, 2.24) is 14.8 Å². The Balaban J connectivity index is 1.70. The van der Waals surface area contributed by atoms with Gasteiger partial charge in [0, 0.05) is 38.0 Å². The molecule has 0 bridgehead atoms. The summed E-state index contributed by atoms with van der Waals surface area (Å²) in [7, 11) is 3.94. The van der Waals surface area contributed by atoms with Gasteiger partial charge in [-0.05, 0) is 30.7 Å². The minimum Gasteiger partial charge on any atom is -0.378 e. The van der Waals surface area contributed by atoms with E-state index in [0.717, 1.165) is 27.1 Å². The van der Waals surface area contributed by atoms with E-state index in [0.29, 0.717) is 12.4 Å². The number of anilines is 2. The Bertz CT molecular complexity index is 1330. The van der Waals surface area contributed by atoms with Gasteiger partial charge in [0.1, 0.15) is 5.56 Å². The van der Waals surface area contributed by atoms with Gasteiger partial charge in [-0.15, -0.1) is 5.10 Å². The average Bonchev–Trinajstić information content (AvgIpc) is 3.27. The molecule has 0 unspecified atom stereocenters. The minimum atomic E-state index is -0.636. The highest BCUT2D eigenvalue weighted by Crippen LogP contribution is 2.24. The fraction of sp³-hybridized carbons (Fsp3) is 0.160. The van der Waals surface area contributed by atoms with E-state index in [9.17, 15) is 14.9 Å². The molecule has 1 N–H and O–H groups in total. The fourth-order valence-corrected chi connectivity index (χ4v) is 3.41. The van der Waals surface area contributed by atoms with E-state index in [4.69, 9.17) is 0 Å². The van der Waals surface area contributed by atoms with E-state index < -0.39 is 10.8 Å². The van der Waals surface area contributed by atoms with E-state index >= 15 is 0 Å². The maximum absolute atomic E-state index is 13.3. The average molecular weight is 457 g/mol. The van der Waals surface area contributed by atoms with Gasteiger partial charge in [-0.25, -0.2) is 0 Å². The number of hydrogen-bond acceptors (Lipinski definition) is 7. The third kappa shape index (κ3) is 4.78. The molecule has 0 fully saturated rings. The molecule has 0 aliphatic carbocycles. The number of aryl methyl sites for hydroxylation is 1. The molecular weight excluding hydrogens is 432 g/mol. The molecule has 34 heavy (non-hydrogen) atoms. The zero-order valence-electron chi connectivity index (χ0n) is 19.1. The van der Waals surface area contributed by atoms with Gasteiger partial charge in [0.25, 0.3) is 11.6 Å². The molecule has 0 aliphatic rings. The Kier molecular flexibility index (Phi) is 6.35. The summed E-state index contributed by atoms with van der Waals surface area (Å²) in [5.41, 5.74) is 3.52. The monoisotopic (exact) mass is 456 g/mol. The molecule has 9 heteroatoms. The lowest BCUT2D eigenvalue weighted by Gasteiger charge is -2.13. The largest absolute Gasteiger partial charge is 0.378 e. The standard InChI is InChI=1S/C25H24N6O3/c1-17-8-12-19(13-9-17)23-27-25(26-16-18-10-14-20(15-11-18)29(2)3)30(28-23)24(32)21-6-4-5-7-22(21)31(33)34/h4-15H,16H2,1-3H3,(H,26,27,28). The molecule has 0 aliphatic heterocycles. The van der Waals surface area contributed by atoms with Crippen molar-refractivity contribution in [1.29, 1.82) is 0 Å². The highest BCUT2D eigenvalue weighted by Gasteiger charge is 2.25. The number of hydrogen-bond donors (Lipinski definition) is 1. The van der Waals surface area contributed by atoms with Crippen LogP contribution in [-0.4, -0.2) is 39.7 Å². The van der Waals surface area contributed by atoms with Crippen LogP contribution in [0.25, 0.3) is 11.4 Å². The van der Waals surface area contributed by atoms with E-state index in [1.165, 1.54) is 18.2 Å². The molecule has 4 aromatic rings. The summed E-state index contributed by atoms with van der Waals surface area (Å²) in [6.45, 7) is 2.37. The predicted molar refractivity (Wildman–Crippen MR) is 131 cm³/mol. The summed E-state index contributed by atoms with van der Waals surface area (Å²) >= 11 is 0. The lowest BCUT2D eigenvalue weighted by Crippen LogP contribution is -2.18. The molecule has 3 aromatic carbocycles. The molecule has 0 saturated heterocycles. The van der Waals surface area contributed by atoms with Gasteiger partial charge in [-0.2, -0.15) is 9.67 Å². The van der Waals surface area contributed by atoms with Crippen LogP contribution in [0.3, 0.4) is 0 Å². The van der Waals surface area contributed by atoms with Crippen molar-refractivity contribution in [3.8, 4) is 11.4 Å². The van der Waals surface area contributed by atoms with Gasteiger partial charge in [0.05, 0.1) is 4.92 Å². The third-order valence-electron chi connectivity index (χ3n) is 5.34. The lowest BCUT2D eigenvalue weighted by molar-refractivity contribution is -0.385. The molecular formula is C25H24N6O3. The van der Waals surface area contributed by atoms with E-state index in [2.05, 4.69) is 15.4 Å². The molecule has 0 spiro atoms. The Labute approximate surface area is 196 Å². The molecule has 1 heterocycles. The number of nitro benzene ring substituents is 1. The summed E-state index contributed by atoms with van der Waals surface area (Å²) in [5, 5.41) is 19.0. The number of aromatic nitrogens is 3. The highest BCUT2D eigenvalue weighted by molar-refractivity contribution is 6.00. The van der Waals surface area contributed by atoms with Crippen molar-refractivity contribution in [3.05, 3.63) is 99.6 Å².